The van der Waals surface area contributed by atoms with Crippen LogP contribution in [-0.4, -0.2) is 23.1 Å². The van der Waals surface area contributed by atoms with Gasteiger partial charge in [-0.25, -0.2) is 0 Å². The molecule has 0 fully saturated rings. The van der Waals surface area contributed by atoms with Crippen molar-refractivity contribution in [2.45, 2.75) is 13.5 Å². The van der Waals surface area contributed by atoms with Crippen LogP contribution < -0.4 is 4.90 Å². The van der Waals surface area contributed by atoms with Gasteiger partial charge in [-0.05, 0) is 24.6 Å². The summed E-state index contributed by atoms with van der Waals surface area (Å²) in [6.45, 7) is 2.58. The molecule has 1 aromatic heterocycles. The standard InChI is InChI=1S/C14H16BrN3O/c1-10-13(9-19)14(18(3)16-10)17(2)8-11-4-6-12(15)7-5-11/h4-7,9H,8H2,1-3H3. The van der Waals surface area contributed by atoms with E-state index >= 15 is 0 Å². The Hall–Kier alpha value is -1.62. The number of carbonyl (C=O) groups excluding carboxylic acids is 1. The first-order valence-corrected chi connectivity index (χ1v) is 6.76. The number of hydrogen-bond acceptors (Lipinski definition) is 3. The van der Waals surface area contributed by atoms with E-state index in [9.17, 15) is 4.79 Å². The van der Waals surface area contributed by atoms with E-state index < -0.39 is 0 Å². The molecule has 1 aromatic carbocycles. The molecule has 0 atom stereocenters. The summed E-state index contributed by atoms with van der Waals surface area (Å²) in [5, 5.41) is 4.29. The second kappa shape index (κ2) is 5.57. The minimum Gasteiger partial charge on any atom is -0.355 e. The van der Waals surface area contributed by atoms with Gasteiger partial charge < -0.3 is 4.90 Å². The molecular weight excluding hydrogens is 306 g/mol. The van der Waals surface area contributed by atoms with E-state index in [0.717, 1.165) is 28.8 Å². The molecule has 2 rings (SSSR count). The zero-order valence-electron chi connectivity index (χ0n) is 11.2. The van der Waals surface area contributed by atoms with Crippen LogP contribution in [0.25, 0.3) is 0 Å². The van der Waals surface area contributed by atoms with Gasteiger partial charge in [-0.3, -0.25) is 9.48 Å². The molecule has 0 saturated carbocycles. The van der Waals surface area contributed by atoms with E-state index in [-0.39, 0.29) is 0 Å². The highest BCUT2D eigenvalue weighted by molar-refractivity contribution is 9.10. The van der Waals surface area contributed by atoms with E-state index in [0.29, 0.717) is 5.56 Å². The third kappa shape index (κ3) is 2.87. The molecule has 0 saturated heterocycles. The topological polar surface area (TPSA) is 38.1 Å². The molecule has 0 aliphatic rings. The van der Waals surface area contributed by atoms with Crippen molar-refractivity contribution in [2.24, 2.45) is 7.05 Å². The smallest absolute Gasteiger partial charge is 0.155 e. The lowest BCUT2D eigenvalue weighted by Crippen LogP contribution is -2.20. The van der Waals surface area contributed by atoms with Gasteiger partial charge in [0, 0.05) is 25.1 Å². The van der Waals surface area contributed by atoms with Crippen molar-refractivity contribution >= 4 is 28.0 Å². The fourth-order valence-corrected chi connectivity index (χ4v) is 2.46. The average molecular weight is 322 g/mol. The minimum absolute atomic E-state index is 0.655. The van der Waals surface area contributed by atoms with Crippen molar-refractivity contribution in [3.05, 3.63) is 45.6 Å². The summed E-state index contributed by atoms with van der Waals surface area (Å²) in [5.74, 6) is 0.843. The van der Waals surface area contributed by atoms with Crippen LogP contribution in [0, 0.1) is 6.92 Å². The number of anilines is 1. The fourth-order valence-electron chi connectivity index (χ4n) is 2.19. The van der Waals surface area contributed by atoms with Crippen LogP contribution in [0.1, 0.15) is 21.6 Å². The maximum Gasteiger partial charge on any atom is 0.155 e. The predicted octanol–water partition coefficient (Wildman–Crippen LogP) is 2.94. The van der Waals surface area contributed by atoms with Crippen LogP contribution in [0.2, 0.25) is 0 Å². The summed E-state index contributed by atoms with van der Waals surface area (Å²) in [4.78, 5) is 13.2. The van der Waals surface area contributed by atoms with Crippen LogP contribution in [0.3, 0.4) is 0 Å². The van der Waals surface area contributed by atoms with Crippen molar-refractivity contribution in [1.29, 1.82) is 0 Å². The zero-order valence-corrected chi connectivity index (χ0v) is 12.8. The van der Waals surface area contributed by atoms with E-state index in [1.165, 1.54) is 5.56 Å². The summed E-state index contributed by atoms with van der Waals surface area (Å²) < 4.78 is 2.81. The Bertz CT molecular complexity index is 589. The number of benzene rings is 1. The predicted molar refractivity (Wildman–Crippen MR) is 79.6 cm³/mol. The van der Waals surface area contributed by atoms with Crippen molar-refractivity contribution < 1.29 is 4.79 Å². The van der Waals surface area contributed by atoms with Crippen LogP contribution >= 0.6 is 15.9 Å². The highest BCUT2D eigenvalue weighted by Crippen LogP contribution is 2.22. The molecule has 4 nitrogen and oxygen atoms in total. The van der Waals surface area contributed by atoms with E-state index in [1.54, 1.807) is 4.68 Å². The first-order chi connectivity index (χ1) is 9.02. The van der Waals surface area contributed by atoms with E-state index in [2.05, 4.69) is 33.2 Å². The molecule has 5 heteroatoms. The Morgan fingerprint density at radius 1 is 1.37 bits per heavy atom. The van der Waals surface area contributed by atoms with Gasteiger partial charge in [0.15, 0.2) is 6.29 Å². The number of aryl methyl sites for hydroxylation is 2. The molecule has 100 valence electrons. The molecule has 2 aromatic rings. The Morgan fingerprint density at radius 2 is 2.00 bits per heavy atom. The molecule has 19 heavy (non-hydrogen) atoms. The summed E-state index contributed by atoms with van der Waals surface area (Å²) in [5.41, 5.74) is 2.60. The van der Waals surface area contributed by atoms with Crippen LogP contribution in [0.5, 0.6) is 0 Å². The van der Waals surface area contributed by atoms with Gasteiger partial charge in [-0.2, -0.15) is 5.10 Å². The average Bonchev–Trinajstić information content (AvgIpc) is 2.66. The van der Waals surface area contributed by atoms with Gasteiger partial charge in [-0.15, -0.1) is 0 Å². The third-order valence-corrected chi connectivity index (χ3v) is 3.58. The molecule has 0 aliphatic heterocycles. The fraction of sp³-hybridized carbons (Fsp3) is 0.286. The second-order valence-corrected chi connectivity index (χ2v) is 5.46. The number of halogens is 1. The number of rotatable bonds is 4. The van der Waals surface area contributed by atoms with Crippen molar-refractivity contribution in [2.75, 3.05) is 11.9 Å². The lowest BCUT2D eigenvalue weighted by atomic mass is 10.2. The number of aromatic nitrogens is 2. The lowest BCUT2D eigenvalue weighted by molar-refractivity contribution is 0.112. The van der Waals surface area contributed by atoms with Crippen LogP contribution in [0.15, 0.2) is 28.7 Å². The Balaban J connectivity index is 2.27. The maximum atomic E-state index is 11.2. The van der Waals surface area contributed by atoms with Crippen molar-refractivity contribution in [1.82, 2.24) is 9.78 Å². The summed E-state index contributed by atoms with van der Waals surface area (Å²) >= 11 is 3.42. The quantitative estimate of drug-likeness (QED) is 0.813. The summed E-state index contributed by atoms with van der Waals surface area (Å²) in [6.07, 6.45) is 0.871. The SMILES string of the molecule is Cc1nn(C)c(N(C)Cc2ccc(Br)cc2)c1C=O. The molecule has 0 radical (unpaired) electrons. The number of carbonyl (C=O) groups is 1. The van der Waals surface area contributed by atoms with E-state index in [4.69, 9.17) is 0 Å². The number of aldehydes is 1. The third-order valence-electron chi connectivity index (χ3n) is 3.05. The molecular formula is C14H16BrN3O. The summed E-state index contributed by atoms with van der Waals surface area (Å²) in [6, 6.07) is 8.14. The Labute approximate surface area is 121 Å². The summed E-state index contributed by atoms with van der Waals surface area (Å²) in [7, 11) is 3.82. The van der Waals surface area contributed by atoms with Gasteiger partial charge in [-0.1, -0.05) is 28.1 Å². The Kier molecular flexibility index (Phi) is 4.04. The van der Waals surface area contributed by atoms with Gasteiger partial charge in [0.05, 0.1) is 11.3 Å². The first kappa shape index (κ1) is 13.8. The normalized spacial score (nSPS) is 10.5. The van der Waals surface area contributed by atoms with Crippen LogP contribution in [-0.2, 0) is 13.6 Å². The molecule has 0 aliphatic carbocycles. The van der Waals surface area contributed by atoms with Gasteiger partial charge >= 0.3 is 0 Å². The first-order valence-electron chi connectivity index (χ1n) is 5.97. The largest absolute Gasteiger partial charge is 0.355 e. The minimum atomic E-state index is 0.655. The monoisotopic (exact) mass is 321 g/mol. The molecule has 0 unspecified atom stereocenters. The van der Waals surface area contributed by atoms with Crippen LogP contribution in [0.4, 0.5) is 5.82 Å². The van der Waals surface area contributed by atoms with E-state index in [1.807, 2.05) is 38.1 Å². The number of nitrogens with zero attached hydrogens (tertiary/aromatic N) is 3. The number of hydrogen-bond donors (Lipinski definition) is 0. The molecule has 0 amide bonds. The molecule has 1 heterocycles. The zero-order chi connectivity index (χ0) is 14.0. The molecule has 0 bridgehead atoms. The van der Waals surface area contributed by atoms with Gasteiger partial charge in [0.1, 0.15) is 5.82 Å². The molecule has 0 spiro atoms. The van der Waals surface area contributed by atoms with Gasteiger partial charge in [0.2, 0.25) is 0 Å². The van der Waals surface area contributed by atoms with Gasteiger partial charge in [0.25, 0.3) is 0 Å². The second-order valence-electron chi connectivity index (χ2n) is 4.55. The highest BCUT2D eigenvalue weighted by Gasteiger charge is 2.16. The van der Waals surface area contributed by atoms with Crippen molar-refractivity contribution in [3.63, 3.8) is 0 Å². The maximum absolute atomic E-state index is 11.2. The Morgan fingerprint density at radius 3 is 2.58 bits per heavy atom. The molecule has 0 N–H and O–H groups in total. The highest BCUT2D eigenvalue weighted by atomic mass is 79.9. The lowest BCUT2D eigenvalue weighted by Gasteiger charge is -2.20. The van der Waals surface area contributed by atoms with Crippen molar-refractivity contribution in [3.8, 4) is 0 Å².